The number of hydrogen-bond acceptors (Lipinski definition) is 9. The molecule has 0 aliphatic carbocycles. The van der Waals surface area contributed by atoms with E-state index >= 15 is 0 Å². The molecule has 14 nitrogen and oxygen atoms in total. The zero-order valence-corrected chi connectivity index (χ0v) is 17.9. The van der Waals surface area contributed by atoms with Crippen LogP contribution in [0.5, 0.6) is 0 Å². The summed E-state index contributed by atoms with van der Waals surface area (Å²) in [5.74, 6) is -4.20. The molecule has 0 rings (SSSR count). The van der Waals surface area contributed by atoms with E-state index in [9.17, 15) is 24.3 Å². The van der Waals surface area contributed by atoms with Crippen LogP contribution >= 0.6 is 12.6 Å². The van der Waals surface area contributed by atoms with E-state index in [2.05, 4.69) is 33.6 Å². The third-order valence-corrected chi connectivity index (χ3v) is 4.36. The number of carbonyl (C=O) groups excluding carboxylic acids is 3. The third-order valence-electron chi connectivity index (χ3n) is 3.97. The van der Waals surface area contributed by atoms with Gasteiger partial charge >= 0.3 is 5.97 Å². The number of aliphatic hydroxyl groups excluding tert-OH is 2. The van der Waals surface area contributed by atoms with Crippen LogP contribution in [0.2, 0.25) is 0 Å². The first-order chi connectivity index (χ1) is 14.4. The van der Waals surface area contributed by atoms with Crippen molar-refractivity contribution < 1.29 is 34.5 Å². The number of nitrogens with two attached hydrogens (primary N) is 3. The predicted molar refractivity (Wildman–Crippen MR) is 114 cm³/mol. The Hall–Kier alpha value is -2.62. The number of aliphatic carboxylic acids is 1. The molecule has 0 aromatic rings. The monoisotopic (exact) mass is 465 g/mol. The summed E-state index contributed by atoms with van der Waals surface area (Å²) in [7, 11) is 0. The highest BCUT2D eigenvalue weighted by molar-refractivity contribution is 7.80. The van der Waals surface area contributed by atoms with E-state index in [1.807, 2.05) is 0 Å². The first kappa shape index (κ1) is 28.4. The average Bonchev–Trinajstić information content (AvgIpc) is 2.70. The molecule has 5 atom stereocenters. The van der Waals surface area contributed by atoms with Crippen LogP contribution in [0.4, 0.5) is 0 Å². The van der Waals surface area contributed by atoms with Crippen LogP contribution in [0.1, 0.15) is 19.8 Å². The summed E-state index contributed by atoms with van der Waals surface area (Å²) in [5.41, 5.74) is 16.0. The number of nitrogens with zero attached hydrogens (tertiary/aromatic N) is 1. The molecule has 0 aromatic heterocycles. The van der Waals surface area contributed by atoms with Crippen LogP contribution < -0.4 is 33.2 Å². The Morgan fingerprint density at radius 3 is 2.06 bits per heavy atom. The minimum absolute atomic E-state index is 0.00641. The number of rotatable bonds is 14. The Bertz CT molecular complexity index is 658. The zero-order chi connectivity index (χ0) is 24.1. The maximum absolute atomic E-state index is 12.6. The van der Waals surface area contributed by atoms with Crippen molar-refractivity contribution in [1.29, 1.82) is 0 Å². The van der Waals surface area contributed by atoms with Gasteiger partial charge in [-0.1, -0.05) is 0 Å². The summed E-state index contributed by atoms with van der Waals surface area (Å²) in [6.45, 7) is 0.498. The van der Waals surface area contributed by atoms with Gasteiger partial charge in [0.05, 0.1) is 18.8 Å². The number of nitrogens with one attached hydrogen (secondary N) is 3. The highest BCUT2D eigenvalue weighted by Crippen LogP contribution is 2.03. The van der Waals surface area contributed by atoms with Crippen molar-refractivity contribution in [3.05, 3.63) is 0 Å². The first-order valence-corrected chi connectivity index (χ1v) is 9.92. The Kier molecular flexibility index (Phi) is 13.2. The highest BCUT2D eigenvalue weighted by Gasteiger charge is 2.32. The van der Waals surface area contributed by atoms with E-state index in [-0.39, 0.29) is 31.1 Å². The minimum atomic E-state index is -1.59. The quantitative estimate of drug-likeness (QED) is 0.0506. The van der Waals surface area contributed by atoms with Crippen molar-refractivity contribution in [2.24, 2.45) is 22.2 Å². The maximum atomic E-state index is 12.6. The van der Waals surface area contributed by atoms with Crippen molar-refractivity contribution in [2.75, 3.05) is 18.9 Å². The fourth-order valence-electron chi connectivity index (χ4n) is 2.24. The summed E-state index contributed by atoms with van der Waals surface area (Å²) >= 11 is 3.88. The zero-order valence-electron chi connectivity index (χ0n) is 17.0. The van der Waals surface area contributed by atoms with Crippen LogP contribution in [0.25, 0.3) is 0 Å². The fraction of sp³-hybridized carbons (Fsp3) is 0.688. The molecule has 3 amide bonds. The third kappa shape index (κ3) is 10.8. The number of carboxylic acids is 1. The molecule has 0 radical (unpaired) electrons. The molecular formula is C16H31N7O7S. The Balaban J connectivity index is 5.40. The van der Waals surface area contributed by atoms with Gasteiger partial charge in [-0.3, -0.25) is 19.4 Å². The molecule has 0 aliphatic rings. The van der Waals surface area contributed by atoms with Crippen molar-refractivity contribution in [1.82, 2.24) is 16.0 Å². The Morgan fingerprint density at radius 2 is 1.61 bits per heavy atom. The predicted octanol–water partition coefficient (Wildman–Crippen LogP) is -4.79. The van der Waals surface area contributed by atoms with E-state index in [1.54, 1.807) is 0 Å². The molecule has 0 saturated carbocycles. The van der Waals surface area contributed by atoms with E-state index in [0.717, 1.165) is 0 Å². The van der Waals surface area contributed by atoms with Gasteiger partial charge in [-0.15, -0.1) is 0 Å². The van der Waals surface area contributed by atoms with Gasteiger partial charge in [0.25, 0.3) is 0 Å². The van der Waals surface area contributed by atoms with Gasteiger partial charge in [-0.05, 0) is 19.8 Å². The molecule has 0 aromatic carbocycles. The lowest BCUT2D eigenvalue weighted by atomic mass is 10.1. The molecule has 5 unspecified atom stereocenters. The van der Waals surface area contributed by atoms with Crippen molar-refractivity contribution in [3.8, 4) is 0 Å². The maximum Gasteiger partial charge on any atom is 0.328 e. The second-order valence-electron chi connectivity index (χ2n) is 6.61. The molecule has 0 aliphatic heterocycles. The summed E-state index contributed by atoms with van der Waals surface area (Å²) in [4.78, 5) is 51.9. The largest absolute Gasteiger partial charge is 0.480 e. The second kappa shape index (κ2) is 14.4. The number of carbonyl (C=O) groups is 4. The molecule has 12 N–H and O–H groups in total. The number of thiol groups is 1. The van der Waals surface area contributed by atoms with Gasteiger partial charge < -0.3 is 48.5 Å². The molecule has 31 heavy (non-hydrogen) atoms. The molecular weight excluding hydrogens is 434 g/mol. The number of hydrogen-bond donors (Lipinski definition) is 10. The number of aliphatic imine (C=N–C) groups is 1. The van der Waals surface area contributed by atoms with Crippen LogP contribution in [0, 0.1) is 0 Å². The molecule has 0 heterocycles. The molecule has 0 fully saturated rings. The standard InChI is InChI=1S/C16H31N7O7S/c1-7(25)11(23-12(26)8(17)6-31)14(28)21-9(3-2-4-20-16(18)19)13(27)22-10(5-24)15(29)30/h7-11,24-25,31H,2-6,17H2,1H3,(H,21,28)(H,22,27)(H,23,26)(H,29,30)(H4,18,19,20). The highest BCUT2D eigenvalue weighted by atomic mass is 32.1. The van der Waals surface area contributed by atoms with Crippen LogP contribution in [-0.2, 0) is 19.2 Å². The van der Waals surface area contributed by atoms with E-state index in [4.69, 9.17) is 27.4 Å². The molecule has 0 spiro atoms. The van der Waals surface area contributed by atoms with Crippen molar-refractivity contribution in [3.63, 3.8) is 0 Å². The van der Waals surface area contributed by atoms with Gasteiger partial charge in [-0.25, -0.2) is 4.79 Å². The fourth-order valence-corrected chi connectivity index (χ4v) is 2.41. The lowest BCUT2D eigenvalue weighted by molar-refractivity contribution is -0.143. The van der Waals surface area contributed by atoms with E-state index in [1.165, 1.54) is 6.92 Å². The number of aliphatic hydroxyl groups is 2. The van der Waals surface area contributed by atoms with Crippen LogP contribution in [0.3, 0.4) is 0 Å². The van der Waals surface area contributed by atoms with Gasteiger partial charge in [0.15, 0.2) is 5.96 Å². The number of carboxylic acid groups (broad SMARTS) is 1. The lowest BCUT2D eigenvalue weighted by Crippen LogP contribution is -2.60. The van der Waals surface area contributed by atoms with Gasteiger partial charge in [0.1, 0.15) is 18.1 Å². The van der Waals surface area contributed by atoms with Gasteiger partial charge in [-0.2, -0.15) is 12.6 Å². The average molecular weight is 466 g/mol. The lowest BCUT2D eigenvalue weighted by Gasteiger charge is -2.26. The molecule has 0 saturated heterocycles. The van der Waals surface area contributed by atoms with E-state index in [0.29, 0.717) is 0 Å². The normalized spacial score (nSPS) is 15.5. The summed E-state index contributed by atoms with van der Waals surface area (Å²) < 4.78 is 0. The SMILES string of the molecule is CC(O)C(NC(=O)C(N)CS)C(=O)NC(CCCN=C(N)N)C(=O)NC(CO)C(=O)O. The van der Waals surface area contributed by atoms with Gasteiger partial charge in [0, 0.05) is 12.3 Å². The Labute approximate surface area is 184 Å². The molecule has 15 heteroatoms. The van der Waals surface area contributed by atoms with E-state index < -0.39 is 60.6 Å². The van der Waals surface area contributed by atoms with Crippen LogP contribution in [0.15, 0.2) is 4.99 Å². The van der Waals surface area contributed by atoms with Crippen LogP contribution in [-0.4, -0.2) is 94.1 Å². The molecule has 0 bridgehead atoms. The minimum Gasteiger partial charge on any atom is -0.480 e. The smallest absolute Gasteiger partial charge is 0.328 e. The van der Waals surface area contributed by atoms with Crippen molar-refractivity contribution >= 4 is 42.3 Å². The van der Waals surface area contributed by atoms with Crippen molar-refractivity contribution in [2.45, 2.75) is 50.0 Å². The topological polar surface area (TPSA) is 255 Å². The summed E-state index contributed by atoms with van der Waals surface area (Å²) in [6, 6.07) is -5.34. The number of amides is 3. The Morgan fingerprint density at radius 1 is 1.03 bits per heavy atom. The summed E-state index contributed by atoms with van der Waals surface area (Å²) in [6.07, 6.45) is -1.13. The summed E-state index contributed by atoms with van der Waals surface area (Å²) in [5, 5.41) is 34.7. The first-order valence-electron chi connectivity index (χ1n) is 9.29. The van der Waals surface area contributed by atoms with Gasteiger partial charge in [0.2, 0.25) is 17.7 Å². The number of guanidine groups is 1. The second-order valence-corrected chi connectivity index (χ2v) is 6.97. The molecule has 178 valence electrons.